The van der Waals surface area contributed by atoms with E-state index >= 15 is 0 Å². The van der Waals surface area contributed by atoms with Gasteiger partial charge in [-0.1, -0.05) is 124 Å². The molecule has 0 amide bonds. The van der Waals surface area contributed by atoms with Crippen molar-refractivity contribution in [3.63, 3.8) is 0 Å². The molecule has 0 aliphatic rings. The molecule has 0 aromatic carbocycles. The van der Waals surface area contributed by atoms with Gasteiger partial charge in [-0.15, -0.1) is 0 Å². The molecule has 0 saturated carbocycles. The van der Waals surface area contributed by atoms with Crippen LogP contribution in [0.25, 0.3) is 0 Å². The SMILES string of the molecule is [CH]=C/C=C/C=C/C=C/C=C/C=C/C=C/C=C/CCCCCC. The van der Waals surface area contributed by atoms with Crippen LogP contribution in [0.2, 0.25) is 0 Å². The molecule has 0 nitrogen and oxygen atoms in total. The summed E-state index contributed by atoms with van der Waals surface area (Å²) in [5.41, 5.74) is 0. The van der Waals surface area contributed by atoms with Gasteiger partial charge in [-0.05, 0) is 12.8 Å². The van der Waals surface area contributed by atoms with E-state index in [-0.39, 0.29) is 0 Å². The lowest BCUT2D eigenvalue weighted by atomic mass is 10.1. The Kier molecular flexibility index (Phi) is 17.1. The number of hydrogen-bond acceptors (Lipinski definition) is 0. The minimum absolute atomic E-state index is 1.19. The van der Waals surface area contributed by atoms with Crippen LogP contribution in [-0.4, -0.2) is 0 Å². The molecule has 0 heteroatoms. The van der Waals surface area contributed by atoms with E-state index < -0.39 is 0 Å². The van der Waals surface area contributed by atoms with Gasteiger partial charge in [-0.25, -0.2) is 0 Å². The summed E-state index contributed by atoms with van der Waals surface area (Å²) in [6, 6.07) is 0. The lowest BCUT2D eigenvalue weighted by molar-refractivity contribution is 0.674. The molecule has 117 valence electrons. The normalized spacial score (nSPS) is 13.5. The third kappa shape index (κ3) is 17.9. The summed E-state index contributed by atoms with van der Waals surface area (Å²) >= 11 is 0. The second-order valence-electron chi connectivity index (χ2n) is 4.78. The van der Waals surface area contributed by atoms with Gasteiger partial charge in [-0.2, -0.15) is 0 Å². The molecule has 0 aliphatic heterocycles. The van der Waals surface area contributed by atoms with Crippen LogP contribution in [0.1, 0.15) is 39.0 Å². The van der Waals surface area contributed by atoms with E-state index in [1.807, 2.05) is 60.8 Å². The molecule has 0 atom stereocenters. The topological polar surface area (TPSA) is 0 Å². The van der Waals surface area contributed by atoms with E-state index in [1.165, 1.54) is 38.2 Å². The van der Waals surface area contributed by atoms with Crippen molar-refractivity contribution in [1.29, 1.82) is 0 Å². The Hall–Kier alpha value is -2.08. The Morgan fingerprint density at radius 3 is 1.45 bits per heavy atom. The summed E-state index contributed by atoms with van der Waals surface area (Å²) in [6.45, 7) is 7.45. The molecule has 0 aliphatic carbocycles. The third-order valence-corrected chi connectivity index (χ3v) is 2.80. The summed E-state index contributed by atoms with van der Waals surface area (Å²) in [4.78, 5) is 0. The zero-order valence-electron chi connectivity index (χ0n) is 13.8. The van der Waals surface area contributed by atoms with Crippen LogP contribution >= 0.6 is 0 Å². The van der Waals surface area contributed by atoms with Crippen LogP contribution in [-0.2, 0) is 0 Å². The van der Waals surface area contributed by atoms with E-state index in [4.69, 9.17) is 6.58 Å². The van der Waals surface area contributed by atoms with Crippen LogP contribution in [0.5, 0.6) is 0 Å². The van der Waals surface area contributed by atoms with Crippen molar-refractivity contribution in [2.24, 2.45) is 0 Å². The number of hydrogen-bond donors (Lipinski definition) is 0. The molecular weight excluding hydrogens is 264 g/mol. The van der Waals surface area contributed by atoms with Gasteiger partial charge in [-0.3, -0.25) is 0 Å². The molecule has 0 N–H and O–H groups in total. The van der Waals surface area contributed by atoms with Gasteiger partial charge in [0.25, 0.3) is 0 Å². The van der Waals surface area contributed by atoms with E-state index in [2.05, 4.69) is 25.2 Å². The Bertz CT molecular complexity index is 437. The van der Waals surface area contributed by atoms with E-state index in [9.17, 15) is 0 Å². The predicted molar refractivity (Wildman–Crippen MR) is 102 cm³/mol. The number of rotatable bonds is 12. The van der Waals surface area contributed by atoms with Crippen molar-refractivity contribution in [3.05, 3.63) is 97.7 Å². The molecule has 0 rings (SSSR count). The molecule has 0 heterocycles. The molecule has 0 unspecified atom stereocenters. The minimum Gasteiger partial charge on any atom is -0.0845 e. The third-order valence-electron chi connectivity index (χ3n) is 2.80. The Labute approximate surface area is 137 Å². The second kappa shape index (κ2) is 18.9. The van der Waals surface area contributed by atoms with Gasteiger partial charge in [0.1, 0.15) is 0 Å². The molecule has 0 bridgehead atoms. The lowest BCUT2D eigenvalue weighted by Crippen LogP contribution is -1.72. The molecule has 0 aromatic rings. The van der Waals surface area contributed by atoms with Crippen molar-refractivity contribution >= 4 is 0 Å². The zero-order chi connectivity index (χ0) is 16.1. The molecule has 0 fully saturated rings. The van der Waals surface area contributed by atoms with Gasteiger partial charge in [0.15, 0.2) is 0 Å². The predicted octanol–water partition coefficient (Wildman–Crippen LogP) is 6.84. The van der Waals surface area contributed by atoms with Crippen LogP contribution in [0.4, 0.5) is 0 Å². The maximum Gasteiger partial charge on any atom is -0.0348 e. The van der Waals surface area contributed by atoms with Crippen molar-refractivity contribution < 1.29 is 0 Å². The smallest absolute Gasteiger partial charge is 0.0348 e. The minimum atomic E-state index is 1.19. The first-order chi connectivity index (χ1) is 10.9. The number of allylic oxidation sites excluding steroid dienone is 15. The molecule has 1 radical (unpaired) electrons. The van der Waals surface area contributed by atoms with Crippen LogP contribution < -0.4 is 0 Å². The fourth-order valence-corrected chi connectivity index (χ4v) is 1.63. The summed E-state index contributed by atoms with van der Waals surface area (Å²) in [7, 11) is 0. The summed E-state index contributed by atoms with van der Waals surface area (Å²) in [5.74, 6) is 0. The second-order valence-corrected chi connectivity index (χ2v) is 4.78. The Balaban J connectivity index is 3.69. The average molecular weight is 293 g/mol. The monoisotopic (exact) mass is 293 g/mol. The van der Waals surface area contributed by atoms with Crippen LogP contribution in [0, 0.1) is 6.58 Å². The number of unbranched alkanes of at least 4 members (excludes halogenated alkanes) is 4. The van der Waals surface area contributed by atoms with Crippen molar-refractivity contribution in [2.75, 3.05) is 0 Å². The van der Waals surface area contributed by atoms with Gasteiger partial charge >= 0.3 is 0 Å². The van der Waals surface area contributed by atoms with Gasteiger partial charge in [0.2, 0.25) is 0 Å². The fraction of sp³-hybridized carbons (Fsp3) is 0.273. The Morgan fingerprint density at radius 2 is 1.00 bits per heavy atom. The highest BCUT2D eigenvalue weighted by atomic mass is 13.9. The van der Waals surface area contributed by atoms with Gasteiger partial charge in [0, 0.05) is 0 Å². The molecule has 0 saturated heterocycles. The lowest BCUT2D eigenvalue weighted by Gasteiger charge is -1.92. The summed E-state index contributed by atoms with van der Waals surface area (Å²) in [5, 5.41) is 0. The van der Waals surface area contributed by atoms with Crippen molar-refractivity contribution in [1.82, 2.24) is 0 Å². The maximum atomic E-state index is 5.21. The zero-order valence-corrected chi connectivity index (χ0v) is 13.8. The van der Waals surface area contributed by atoms with E-state index in [1.54, 1.807) is 6.08 Å². The molecular formula is C22H29. The highest BCUT2D eigenvalue weighted by Crippen LogP contribution is 2.02. The standard InChI is InChI=1S/C22H29/c1-3-5-7-9-11-13-15-17-19-21-22-20-18-16-14-12-10-8-6-4-2/h1,3,5,7,9,11,13-22H,4,6,8,10,12H2,2H3/b3-1?,7-5+,11-9+,15-13+,16-14+,19-17+,20-18+,22-21+. The van der Waals surface area contributed by atoms with Crippen LogP contribution in [0.15, 0.2) is 91.1 Å². The van der Waals surface area contributed by atoms with E-state index in [0.29, 0.717) is 0 Å². The Morgan fingerprint density at radius 1 is 0.545 bits per heavy atom. The maximum absolute atomic E-state index is 5.21. The van der Waals surface area contributed by atoms with Crippen molar-refractivity contribution in [2.45, 2.75) is 39.0 Å². The molecule has 0 spiro atoms. The van der Waals surface area contributed by atoms with Gasteiger partial charge < -0.3 is 0 Å². The van der Waals surface area contributed by atoms with Crippen LogP contribution in [0.3, 0.4) is 0 Å². The first-order valence-electron chi connectivity index (χ1n) is 8.12. The first-order valence-corrected chi connectivity index (χ1v) is 8.12. The quantitative estimate of drug-likeness (QED) is 0.273. The van der Waals surface area contributed by atoms with Crippen molar-refractivity contribution in [3.8, 4) is 0 Å². The molecule has 22 heavy (non-hydrogen) atoms. The average Bonchev–Trinajstić information content (AvgIpc) is 2.54. The first kappa shape index (κ1) is 19.9. The highest BCUT2D eigenvalue weighted by molar-refractivity contribution is 5.20. The van der Waals surface area contributed by atoms with E-state index in [0.717, 1.165) is 0 Å². The summed E-state index contributed by atoms with van der Waals surface area (Å²) in [6.07, 6.45) is 36.1. The molecule has 0 aromatic heterocycles. The van der Waals surface area contributed by atoms with Gasteiger partial charge in [0.05, 0.1) is 0 Å². The highest BCUT2D eigenvalue weighted by Gasteiger charge is 1.82. The fourth-order valence-electron chi connectivity index (χ4n) is 1.63. The summed E-state index contributed by atoms with van der Waals surface area (Å²) < 4.78 is 0. The largest absolute Gasteiger partial charge is 0.0845 e.